The van der Waals surface area contributed by atoms with Gasteiger partial charge in [-0.15, -0.1) is 0 Å². The average molecular weight is 374 g/mol. The van der Waals surface area contributed by atoms with Crippen molar-refractivity contribution in [3.63, 3.8) is 0 Å². The van der Waals surface area contributed by atoms with Crippen LogP contribution in [0.15, 0.2) is 29.5 Å². The zero-order chi connectivity index (χ0) is 19.6. The largest absolute Gasteiger partial charge is 0.466 e. The van der Waals surface area contributed by atoms with E-state index in [9.17, 15) is 14.4 Å². The molecule has 0 spiro atoms. The standard InChI is InChI=1S/C19H22N2O6/c1-12(22)20-8-4-5-13-6-7-14(9-16(13)20)21-11-27-10-15(18(23)25-2)17(21)19(24)26-3/h6-7,9H,4-5,8,10-11H2,1-3H3. The lowest BCUT2D eigenvalue weighted by atomic mass is 10.0. The van der Waals surface area contributed by atoms with Crippen LogP contribution in [0.1, 0.15) is 18.9 Å². The fourth-order valence-electron chi connectivity index (χ4n) is 3.41. The molecule has 0 fully saturated rings. The molecule has 0 atom stereocenters. The Morgan fingerprint density at radius 2 is 1.85 bits per heavy atom. The highest BCUT2D eigenvalue weighted by molar-refractivity contribution is 6.03. The van der Waals surface area contributed by atoms with Gasteiger partial charge in [0, 0.05) is 24.8 Å². The average Bonchev–Trinajstić information content (AvgIpc) is 2.70. The third kappa shape index (κ3) is 3.52. The summed E-state index contributed by atoms with van der Waals surface area (Å²) < 4.78 is 15.1. The number of fused-ring (bicyclic) bond motifs is 1. The SMILES string of the molecule is COC(=O)C1=C(C(=O)OC)N(c2ccc3c(c2)N(C(C)=O)CCC3)COC1. The molecule has 2 aliphatic heterocycles. The van der Waals surface area contributed by atoms with Crippen molar-refractivity contribution in [1.29, 1.82) is 0 Å². The van der Waals surface area contributed by atoms with Gasteiger partial charge in [0.1, 0.15) is 12.4 Å². The fourth-order valence-corrected chi connectivity index (χ4v) is 3.41. The highest BCUT2D eigenvalue weighted by atomic mass is 16.5. The molecule has 0 unspecified atom stereocenters. The minimum absolute atomic E-state index is 0.0398. The lowest BCUT2D eigenvalue weighted by Gasteiger charge is -2.34. The van der Waals surface area contributed by atoms with Crippen molar-refractivity contribution in [3.8, 4) is 0 Å². The second-order valence-electron chi connectivity index (χ2n) is 6.30. The first-order valence-electron chi connectivity index (χ1n) is 8.64. The van der Waals surface area contributed by atoms with Crippen molar-refractivity contribution < 1.29 is 28.6 Å². The number of rotatable bonds is 3. The molecule has 144 valence electrons. The number of nitrogens with zero attached hydrogens (tertiary/aromatic N) is 2. The molecule has 1 aromatic rings. The lowest BCUT2D eigenvalue weighted by Crippen LogP contribution is -2.39. The van der Waals surface area contributed by atoms with Crippen molar-refractivity contribution in [2.24, 2.45) is 0 Å². The van der Waals surface area contributed by atoms with Gasteiger partial charge in [-0.2, -0.15) is 0 Å². The molecule has 0 N–H and O–H groups in total. The smallest absolute Gasteiger partial charge is 0.355 e. The van der Waals surface area contributed by atoms with Crippen LogP contribution in [0.3, 0.4) is 0 Å². The van der Waals surface area contributed by atoms with E-state index in [2.05, 4.69) is 0 Å². The van der Waals surface area contributed by atoms with Crippen molar-refractivity contribution in [3.05, 3.63) is 35.0 Å². The molecule has 8 heteroatoms. The predicted molar refractivity (Wildman–Crippen MR) is 97.1 cm³/mol. The monoisotopic (exact) mass is 374 g/mol. The number of carbonyl (C=O) groups is 3. The first-order valence-corrected chi connectivity index (χ1v) is 8.64. The summed E-state index contributed by atoms with van der Waals surface area (Å²) in [5.41, 5.74) is 2.68. The van der Waals surface area contributed by atoms with Gasteiger partial charge in [0.25, 0.3) is 0 Å². The Labute approximate surface area is 157 Å². The molecule has 0 saturated carbocycles. The van der Waals surface area contributed by atoms with E-state index in [0.29, 0.717) is 12.2 Å². The molecule has 0 aromatic heterocycles. The van der Waals surface area contributed by atoms with Gasteiger partial charge in [-0.3, -0.25) is 4.79 Å². The van der Waals surface area contributed by atoms with Crippen molar-refractivity contribution in [1.82, 2.24) is 0 Å². The molecule has 0 bridgehead atoms. The molecule has 27 heavy (non-hydrogen) atoms. The van der Waals surface area contributed by atoms with Gasteiger partial charge in [-0.05, 0) is 30.5 Å². The fraction of sp³-hybridized carbons (Fsp3) is 0.421. The number of amides is 1. The Bertz CT molecular complexity index is 816. The van der Waals surface area contributed by atoms with Crippen LogP contribution in [0.25, 0.3) is 0 Å². The zero-order valence-corrected chi connectivity index (χ0v) is 15.6. The number of esters is 2. The summed E-state index contributed by atoms with van der Waals surface area (Å²) in [5, 5.41) is 0. The summed E-state index contributed by atoms with van der Waals surface area (Å²) >= 11 is 0. The van der Waals surface area contributed by atoms with Crippen LogP contribution in [-0.2, 0) is 35.0 Å². The zero-order valence-electron chi connectivity index (χ0n) is 15.6. The molecular weight excluding hydrogens is 352 g/mol. The minimum atomic E-state index is -0.653. The van der Waals surface area contributed by atoms with Gasteiger partial charge in [-0.25, -0.2) is 9.59 Å². The maximum absolute atomic E-state index is 12.4. The number of anilines is 2. The molecule has 0 saturated heterocycles. The number of aryl methyl sites for hydroxylation is 1. The Kier molecular flexibility index (Phi) is 5.46. The second kappa shape index (κ2) is 7.79. The third-order valence-corrected chi connectivity index (χ3v) is 4.71. The first-order chi connectivity index (χ1) is 13.0. The summed E-state index contributed by atoms with van der Waals surface area (Å²) in [6.07, 6.45) is 1.78. The summed E-state index contributed by atoms with van der Waals surface area (Å²) in [7, 11) is 2.50. The van der Waals surface area contributed by atoms with E-state index >= 15 is 0 Å². The summed E-state index contributed by atoms with van der Waals surface area (Å²) in [6, 6.07) is 5.61. The predicted octanol–water partition coefficient (Wildman–Crippen LogP) is 1.38. The summed E-state index contributed by atoms with van der Waals surface area (Å²) in [4.78, 5) is 39.8. The van der Waals surface area contributed by atoms with Crippen LogP contribution >= 0.6 is 0 Å². The van der Waals surface area contributed by atoms with Gasteiger partial charge in [0.15, 0.2) is 0 Å². The molecule has 0 aliphatic carbocycles. The molecule has 8 nitrogen and oxygen atoms in total. The second-order valence-corrected chi connectivity index (χ2v) is 6.30. The Hall–Kier alpha value is -2.87. The summed E-state index contributed by atoms with van der Waals surface area (Å²) in [5.74, 6) is -1.34. The van der Waals surface area contributed by atoms with E-state index in [0.717, 1.165) is 24.1 Å². The third-order valence-electron chi connectivity index (χ3n) is 4.71. The van der Waals surface area contributed by atoms with Crippen LogP contribution in [0.5, 0.6) is 0 Å². The molecule has 0 radical (unpaired) electrons. The van der Waals surface area contributed by atoms with Crippen LogP contribution in [-0.4, -0.2) is 51.9 Å². The minimum Gasteiger partial charge on any atom is -0.466 e. The Balaban J connectivity index is 2.09. The van der Waals surface area contributed by atoms with Crippen LogP contribution in [0, 0.1) is 0 Å². The molecule has 3 rings (SSSR count). The van der Waals surface area contributed by atoms with Crippen LogP contribution in [0.4, 0.5) is 11.4 Å². The maximum atomic E-state index is 12.4. The van der Waals surface area contributed by atoms with E-state index in [-0.39, 0.29) is 30.5 Å². The maximum Gasteiger partial charge on any atom is 0.355 e. The van der Waals surface area contributed by atoms with Crippen LogP contribution < -0.4 is 9.80 Å². The Morgan fingerprint density at radius 1 is 1.11 bits per heavy atom. The lowest BCUT2D eigenvalue weighted by molar-refractivity contribution is -0.140. The molecular formula is C19H22N2O6. The van der Waals surface area contributed by atoms with E-state index in [1.54, 1.807) is 9.80 Å². The molecule has 1 aromatic carbocycles. The number of ether oxygens (including phenoxy) is 3. The normalized spacial score (nSPS) is 16.7. The Morgan fingerprint density at radius 3 is 2.52 bits per heavy atom. The highest BCUT2D eigenvalue weighted by Gasteiger charge is 2.33. The molecule has 1 amide bonds. The van der Waals surface area contributed by atoms with Gasteiger partial charge in [0.05, 0.1) is 26.4 Å². The quantitative estimate of drug-likeness (QED) is 0.739. The molecule has 2 aliphatic rings. The van der Waals surface area contributed by atoms with E-state index < -0.39 is 11.9 Å². The van der Waals surface area contributed by atoms with E-state index in [4.69, 9.17) is 14.2 Å². The van der Waals surface area contributed by atoms with Gasteiger partial charge < -0.3 is 24.0 Å². The van der Waals surface area contributed by atoms with Crippen LogP contribution in [0.2, 0.25) is 0 Å². The highest BCUT2D eigenvalue weighted by Crippen LogP contribution is 2.34. The molecule has 2 heterocycles. The van der Waals surface area contributed by atoms with E-state index in [1.165, 1.54) is 21.1 Å². The number of benzene rings is 1. The van der Waals surface area contributed by atoms with E-state index in [1.807, 2.05) is 18.2 Å². The van der Waals surface area contributed by atoms with Crippen molar-refractivity contribution >= 4 is 29.2 Å². The van der Waals surface area contributed by atoms with Crippen molar-refractivity contribution in [2.45, 2.75) is 19.8 Å². The van der Waals surface area contributed by atoms with Gasteiger partial charge in [0.2, 0.25) is 5.91 Å². The first kappa shape index (κ1) is 18.9. The number of hydrogen-bond donors (Lipinski definition) is 0. The van der Waals surface area contributed by atoms with Gasteiger partial charge in [-0.1, -0.05) is 6.07 Å². The van der Waals surface area contributed by atoms with Crippen molar-refractivity contribution in [2.75, 3.05) is 43.9 Å². The number of carbonyl (C=O) groups excluding carboxylic acids is 3. The van der Waals surface area contributed by atoms with Gasteiger partial charge >= 0.3 is 11.9 Å². The number of methoxy groups -OCH3 is 2. The summed E-state index contributed by atoms with van der Waals surface area (Å²) in [6.45, 7) is 2.21. The number of hydrogen-bond acceptors (Lipinski definition) is 7. The topological polar surface area (TPSA) is 85.4 Å².